The predicted octanol–water partition coefficient (Wildman–Crippen LogP) is 1.84. The Morgan fingerprint density at radius 3 is 3.36 bits per heavy atom. The van der Waals surface area contributed by atoms with Crippen LogP contribution in [0, 0.1) is 0 Å². The largest absolute Gasteiger partial charge is 0.497 e. The second-order valence-corrected chi connectivity index (χ2v) is 2.09. The molecule has 0 saturated heterocycles. The first-order valence-electron chi connectivity index (χ1n) is 3.69. The standard InChI is InChI=1S/C8H7NO2/c1-10-6-2-3-7-8(4-6)11-5-9-7/h2-5H,1H3/i4D. The van der Waals surface area contributed by atoms with E-state index in [0.717, 1.165) is 0 Å². The molecule has 56 valence electrons. The lowest BCUT2D eigenvalue weighted by atomic mass is 10.3. The van der Waals surface area contributed by atoms with Crippen LogP contribution in [0.3, 0.4) is 0 Å². The van der Waals surface area contributed by atoms with Crippen molar-refractivity contribution < 1.29 is 10.5 Å². The van der Waals surface area contributed by atoms with Crippen LogP contribution < -0.4 is 4.74 Å². The van der Waals surface area contributed by atoms with Gasteiger partial charge in [-0.2, -0.15) is 0 Å². The topological polar surface area (TPSA) is 35.3 Å². The normalized spacial score (nSPS) is 11.5. The zero-order valence-corrected chi connectivity index (χ0v) is 6.00. The fraction of sp³-hybridized carbons (Fsp3) is 0.125. The Kier molecular flexibility index (Phi) is 1.07. The first kappa shape index (κ1) is 5.18. The Bertz CT molecular complexity index is 410. The van der Waals surface area contributed by atoms with E-state index in [1.807, 2.05) is 0 Å². The van der Waals surface area contributed by atoms with Gasteiger partial charge < -0.3 is 9.15 Å². The van der Waals surface area contributed by atoms with E-state index in [2.05, 4.69) is 4.98 Å². The van der Waals surface area contributed by atoms with Gasteiger partial charge >= 0.3 is 0 Å². The van der Waals surface area contributed by atoms with E-state index in [1.165, 1.54) is 13.5 Å². The average molecular weight is 150 g/mol. The van der Waals surface area contributed by atoms with Crippen molar-refractivity contribution in [2.45, 2.75) is 0 Å². The summed E-state index contributed by atoms with van der Waals surface area (Å²) in [5.74, 6) is 0.499. The molecule has 0 N–H and O–H groups in total. The first-order chi connectivity index (χ1) is 5.83. The lowest BCUT2D eigenvalue weighted by molar-refractivity contribution is 0.414. The van der Waals surface area contributed by atoms with E-state index in [0.29, 0.717) is 16.8 Å². The smallest absolute Gasteiger partial charge is 0.181 e. The minimum atomic E-state index is 0.243. The molecule has 0 fully saturated rings. The first-order valence-corrected chi connectivity index (χ1v) is 3.19. The summed E-state index contributed by atoms with van der Waals surface area (Å²) in [6.07, 6.45) is 1.32. The third-order valence-corrected chi connectivity index (χ3v) is 1.44. The molecule has 1 aromatic carbocycles. The van der Waals surface area contributed by atoms with E-state index in [1.54, 1.807) is 12.1 Å². The molecule has 2 rings (SSSR count). The molecule has 0 aliphatic heterocycles. The zero-order valence-electron chi connectivity index (χ0n) is 7.00. The number of fused-ring (bicyclic) bond motifs is 1. The molecule has 3 nitrogen and oxygen atoms in total. The highest BCUT2D eigenvalue weighted by atomic mass is 16.5. The molecule has 0 bridgehead atoms. The summed E-state index contributed by atoms with van der Waals surface area (Å²) in [4.78, 5) is 3.91. The molecule has 0 radical (unpaired) electrons. The maximum atomic E-state index is 7.60. The summed E-state index contributed by atoms with van der Waals surface area (Å²) < 4.78 is 17.6. The number of hydrogen-bond acceptors (Lipinski definition) is 3. The van der Waals surface area contributed by atoms with Crippen LogP contribution in [0.15, 0.2) is 29.0 Å². The maximum Gasteiger partial charge on any atom is 0.181 e. The van der Waals surface area contributed by atoms with Crippen molar-refractivity contribution >= 4 is 11.1 Å². The predicted molar refractivity (Wildman–Crippen MR) is 40.6 cm³/mol. The Morgan fingerprint density at radius 1 is 1.64 bits per heavy atom. The van der Waals surface area contributed by atoms with E-state index in [9.17, 15) is 0 Å². The Hall–Kier alpha value is -1.51. The highest BCUT2D eigenvalue weighted by molar-refractivity contribution is 5.73. The molecule has 2 aromatic rings. The van der Waals surface area contributed by atoms with Crippen LogP contribution in [-0.4, -0.2) is 12.1 Å². The number of benzene rings is 1. The lowest BCUT2D eigenvalue weighted by Gasteiger charge is -1.95. The van der Waals surface area contributed by atoms with Gasteiger partial charge in [-0.15, -0.1) is 0 Å². The number of aromatic nitrogens is 1. The van der Waals surface area contributed by atoms with Crippen LogP contribution in [-0.2, 0) is 0 Å². The molecule has 0 aliphatic rings. The molecule has 1 heterocycles. The van der Waals surface area contributed by atoms with Gasteiger partial charge in [0.15, 0.2) is 12.0 Å². The SMILES string of the molecule is [2H]c1c(OC)ccc2ncoc12. The van der Waals surface area contributed by atoms with Crippen LogP contribution in [0.25, 0.3) is 11.1 Å². The van der Waals surface area contributed by atoms with Crippen LogP contribution in [0.5, 0.6) is 5.75 Å². The van der Waals surface area contributed by atoms with Gasteiger partial charge in [0.1, 0.15) is 11.3 Å². The summed E-state index contributed by atoms with van der Waals surface area (Å²) in [5.41, 5.74) is 1.15. The summed E-state index contributed by atoms with van der Waals surface area (Å²) in [7, 11) is 1.52. The molecule has 0 atom stereocenters. The second-order valence-electron chi connectivity index (χ2n) is 2.09. The second kappa shape index (κ2) is 2.27. The van der Waals surface area contributed by atoms with Gasteiger partial charge in [0, 0.05) is 6.04 Å². The van der Waals surface area contributed by atoms with Gasteiger partial charge in [-0.05, 0) is 12.1 Å². The van der Waals surface area contributed by atoms with Crippen molar-refractivity contribution in [3.05, 3.63) is 24.6 Å². The number of ether oxygens (including phenoxy) is 1. The van der Waals surface area contributed by atoms with Crippen molar-refractivity contribution in [1.29, 1.82) is 0 Å². The fourth-order valence-corrected chi connectivity index (χ4v) is 0.894. The zero-order chi connectivity index (χ0) is 8.55. The molecular formula is C8H7NO2. The van der Waals surface area contributed by atoms with E-state index in [-0.39, 0.29) is 6.04 Å². The van der Waals surface area contributed by atoms with Crippen molar-refractivity contribution in [3.63, 3.8) is 0 Å². The fourth-order valence-electron chi connectivity index (χ4n) is 0.894. The molecule has 3 heteroatoms. The molecule has 0 spiro atoms. The summed E-state index contributed by atoms with van der Waals surface area (Å²) in [6, 6.07) is 3.70. The highest BCUT2D eigenvalue weighted by Crippen LogP contribution is 2.18. The average Bonchev–Trinajstić information content (AvgIpc) is 2.53. The molecule has 1 aromatic heterocycles. The molecular weight excluding hydrogens is 142 g/mol. The number of nitrogens with zero attached hydrogens (tertiary/aromatic N) is 1. The number of oxazole rings is 1. The third kappa shape index (κ3) is 0.941. The highest BCUT2D eigenvalue weighted by Gasteiger charge is 1.98. The van der Waals surface area contributed by atoms with E-state index >= 15 is 0 Å². The number of methoxy groups -OCH3 is 1. The Morgan fingerprint density at radius 2 is 2.55 bits per heavy atom. The Labute approximate surface area is 65.0 Å². The molecule has 0 amide bonds. The molecule has 0 saturated carbocycles. The lowest BCUT2D eigenvalue weighted by Crippen LogP contribution is -1.80. The van der Waals surface area contributed by atoms with Crippen LogP contribution in [0.2, 0.25) is 0 Å². The molecule has 0 aliphatic carbocycles. The quantitative estimate of drug-likeness (QED) is 0.622. The van der Waals surface area contributed by atoms with Crippen molar-refractivity contribution in [3.8, 4) is 5.75 Å². The van der Waals surface area contributed by atoms with Gasteiger partial charge in [0.2, 0.25) is 0 Å². The van der Waals surface area contributed by atoms with Gasteiger partial charge in [0.25, 0.3) is 0 Å². The number of rotatable bonds is 1. The summed E-state index contributed by atoms with van der Waals surface area (Å²) >= 11 is 0. The van der Waals surface area contributed by atoms with Gasteiger partial charge in [-0.1, -0.05) is 0 Å². The monoisotopic (exact) mass is 150 g/mol. The third-order valence-electron chi connectivity index (χ3n) is 1.44. The number of hydrogen-bond donors (Lipinski definition) is 0. The van der Waals surface area contributed by atoms with Crippen LogP contribution in [0.4, 0.5) is 0 Å². The van der Waals surface area contributed by atoms with Gasteiger partial charge in [0.05, 0.1) is 8.48 Å². The van der Waals surface area contributed by atoms with Gasteiger partial charge in [-0.25, -0.2) is 4.98 Å². The molecule has 0 unspecified atom stereocenters. The van der Waals surface area contributed by atoms with Crippen molar-refractivity contribution in [2.24, 2.45) is 0 Å². The van der Waals surface area contributed by atoms with E-state index < -0.39 is 0 Å². The van der Waals surface area contributed by atoms with Crippen LogP contribution >= 0.6 is 0 Å². The van der Waals surface area contributed by atoms with E-state index in [4.69, 9.17) is 10.5 Å². The van der Waals surface area contributed by atoms with Crippen molar-refractivity contribution in [1.82, 2.24) is 4.98 Å². The van der Waals surface area contributed by atoms with Crippen molar-refractivity contribution in [2.75, 3.05) is 7.11 Å². The minimum absolute atomic E-state index is 0.243. The molecule has 11 heavy (non-hydrogen) atoms. The summed E-state index contributed by atoms with van der Waals surface area (Å²) in [6.45, 7) is 0. The Balaban J connectivity index is 2.78. The minimum Gasteiger partial charge on any atom is -0.497 e. The maximum absolute atomic E-state index is 7.60. The van der Waals surface area contributed by atoms with Gasteiger partial charge in [-0.3, -0.25) is 0 Å². The van der Waals surface area contributed by atoms with Crippen LogP contribution in [0.1, 0.15) is 1.37 Å². The summed E-state index contributed by atoms with van der Waals surface area (Å²) in [5, 5.41) is 0.